The molecule has 0 N–H and O–H groups in total. The first-order valence-electron chi connectivity index (χ1n) is 9.28. The van der Waals surface area contributed by atoms with Crippen molar-refractivity contribution in [2.75, 3.05) is 20.6 Å². The van der Waals surface area contributed by atoms with E-state index in [0.717, 1.165) is 16.9 Å². The zero-order valence-electron chi connectivity index (χ0n) is 16.0. The maximum absolute atomic E-state index is 12.9. The lowest BCUT2D eigenvalue weighted by Crippen LogP contribution is -2.37. The number of rotatable bonds is 3. The van der Waals surface area contributed by atoms with Crippen molar-refractivity contribution in [2.24, 2.45) is 0 Å². The molecule has 2 aromatic carbocycles. The Bertz CT molecular complexity index is 1010. The molecule has 6 nitrogen and oxygen atoms in total. The summed E-state index contributed by atoms with van der Waals surface area (Å²) in [6, 6.07) is 19.0. The molecule has 1 aromatic heterocycles. The second-order valence-corrected chi connectivity index (χ2v) is 7.06. The fourth-order valence-electron chi connectivity index (χ4n) is 3.52. The van der Waals surface area contributed by atoms with E-state index in [0.29, 0.717) is 30.8 Å². The van der Waals surface area contributed by atoms with Crippen molar-refractivity contribution >= 4 is 11.8 Å². The summed E-state index contributed by atoms with van der Waals surface area (Å²) in [6.45, 7) is 0.972. The average molecular weight is 374 g/mol. The van der Waals surface area contributed by atoms with E-state index in [1.54, 1.807) is 19.0 Å². The summed E-state index contributed by atoms with van der Waals surface area (Å²) >= 11 is 0. The molecule has 0 aliphatic carbocycles. The number of amides is 2. The highest BCUT2D eigenvalue weighted by Gasteiger charge is 2.31. The molecule has 6 heteroatoms. The van der Waals surface area contributed by atoms with Gasteiger partial charge >= 0.3 is 0 Å². The summed E-state index contributed by atoms with van der Waals surface area (Å²) < 4.78 is 1.84. The molecule has 0 saturated carbocycles. The Balaban J connectivity index is 1.74. The molecule has 3 aromatic rings. The third kappa shape index (κ3) is 3.17. The average Bonchev–Trinajstić information content (AvgIpc) is 3.12. The van der Waals surface area contributed by atoms with Gasteiger partial charge in [0.05, 0.1) is 17.9 Å². The van der Waals surface area contributed by atoms with Crippen LogP contribution in [0.1, 0.15) is 32.1 Å². The molecule has 2 amide bonds. The van der Waals surface area contributed by atoms with Gasteiger partial charge in [0.2, 0.25) is 0 Å². The first kappa shape index (κ1) is 18.0. The standard InChI is InChI=1S/C22H22N4O2/c1-24(2)22(28)20-18-15-25(21(27)16-9-5-3-6-10-16)14-13-19(18)26(23-20)17-11-7-4-8-12-17/h3-12H,13-15H2,1-2H3. The zero-order valence-corrected chi connectivity index (χ0v) is 16.0. The Morgan fingerprint density at radius 1 is 0.964 bits per heavy atom. The number of fused-ring (bicyclic) bond motifs is 1. The summed E-state index contributed by atoms with van der Waals surface area (Å²) in [5, 5.41) is 4.64. The smallest absolute Gasteiger partial charge is 0.274 e. The lowest BCUT2D eigenvalue weighted by atomic mass is 10.0. The van der Waals surface area contributed by atoms with Gasteiger partial charge < -0.3 is 9.80 Å². The van der Waals surface area contributed by atoms with Crippen molar-refractivity contribution in [2.45, 2.75) is 13.0 Å². The molecule has 0 bridgehead atoms. The lowest BCUT2D eigenvalue weighted by molar-refractivity contribution is 0.0726. The summed E-state index contributed by atoms with van der Waals surface area (Å²) in [4.78, 5) is 29.0. The van der Waals surface area contributed by atoms with Crippen LogP contribution < -0.4 is 0 Å². The van der Waals surface area contributed by atoms with Gasteiger partial charge in [0.1, 0.15) is 0 Å². The van der Waals surface area contributed by atoms with Gasteiger partial charge in [0.15, 0.2) is 5.69 Å². The van der Waals surface area contributed by atoms with Crippen LogP contribution in [0.2, 0.25) is 0 Å². The molecule has 0 radical (unpaired) electrons. The number of benzene rings is 2. The van der Waals surface area contributed by atoms with Crippen LogP contribution in [0.4, 0.5) is 0 Å². The van der Waals surface area contributed by atoms with Crippen molar-refractivity contribution in [3.8, 4) is 5.69 Å². The van der Waals surface area contributed by atoms with E-state index in [2.05, 4.69) is 5.10 Å². The van der Waals surface area contributed by atoms with Crippen LogP contribution in [0.5, 0.6) is 0 Å². The van der Waals surface area contributed by atoms with Crippen molar-refractivity contribution in [3.05, 3.63) is 83.2 Å². The molecule has 2 heterocycles. The number of aromatic nitrogens is 2. The van der Waals surface area contributed by atoms with Crippen LogP contribution in [0, 0.1) is 0 Å². The van der Waals surface area contributed by atoms with Crippen molar-refractivity contribution in [3.63, 3.8) is 0 Å². The second-order valence-electron chi connectivity index (χ2n) is 7.06. The Hall–Kier alpha value is -3.41. The van der Waals surface area contributed by atoms with Crippen LogP contribution in [0.3, 0.4) is 0 Å². The van der Waals surface area contributed by atoms with Gasteiger partial charge in [0.25, 0.3) is 11.8 Å². The van der Waals surface area contributed by atoms with E-state index in [4.69, 9.17) is 0 Å². The molecule has 0 saturated heterocycles. The second kappa shape index (κ2) is 7.31. The van der Waals surface area contributed by atoms with E-state index >= 15 is 0 Å². The monoisotopic (exact) mass is 374 g/mol. The highest BCUT2D eigenvalue weighted by atomic mass is 16.2. The first-order chi connectivity index (χ1) is 13.6. The minimum Gasteiger partial charge on any atom is -0.343 e. The van der Waals surface area contributed by atoms with Gasteiger partial charge in [-0.1, -0.05) is 36.4 Å². The molecule has 28 heavy (non-hydrogen) atoms. The van der Waals surface area contributed by atoms with Crippen molar-refractivity contribution in [1.82, 2.24) is 19.6 Å². The fraction of sp³-hybridized carbons (Fsp3) is 0.227. The third-order valence-corrected chi connectivity index (χ3v) is 4.97. The number of para-hydroxylation sites is 1. The number of hydrogen-bond acceptors (Lipinski definition) is 3. The Labute approximate surface area is 164 Å². The number of hydrogen-bond donors (Lipinski definition) is 0. The zero-order chi connectivity index (χ0) is 19.7. The van der Waals surface area contributed by atoms with Gasteiger partial charge in [-0.15, -0.1) is 0 Å². The molecular formula is C22H22N4O2. The highest BCUT2D eigenvalue weighted by Crippen LogP contribution is 2.27. The van der Waals surface area contributed by atoms with Crippen molar-refractivity contribution < 1.29 is 9.59 Å². The summed E-state index contributed by atoms with van der Waals surface area (Å²) in [5.41, 5.74) is 3.81. The van der Waals surface area contributed by atoms with Gasteiger partial charge in [-0.2, -0.15) is 5.10 Å². The molecule has 1 aliphatic rings. The van der Waals surface area contributed by atoms with E-state index in [-0.39, 0.29) is 11.8 Å². The number of carbonyl (C=O) groups is 2. The predicted octanol–water partition coefficient (Wildman–Crippen LogP) is 2.77. The molecule has 0 unspecified atom stereocenters. The van der Waals surface area contributed by atoms with Crippen LogP contribution in [-0.4, -0.2) is 52.0 Å². The van der Waals surface area contributed by atoms with Crippen LogP contribution >= 0.6 is 0 Å². The normalized spacial score (nSPS) is 13.1. The van der Waals surface area contributed by atoms with E-state index in [1.165, 1.54) is 4.90 Å². The number of nitrogens with zero attached hydrogens (tertiary/aromatic N) is 4. The Morgan fingerprint density at radius 3 is 2.25 bits per heavy atom. The fourth-order valence-corrected chi connectivity index (χ4v) is 3.52. The summed E-state index contributed by atoms with van der Waals surface area (Å²) in [7, 11) is 3.43. The van der Waals surface area contributed by atoms with Gasteiger partial charge in [-0.05, 0) is 24.3 Å². The van der Waals surface area contributed by atoms with E-state index in [9.17, 15) is 9.59 Å². The minimum atomic E-state index is -0.153. The largest absolute Gasteiger partial charge is 0.343 e. The van der Waals surface area contributed by atoms with Crippen LogP contribution in [-0.2, 0) is 13.0 Å². The molecule has 0 spiro atoms. The third-order valence-electron chi connectivity index (χ3n) is 4.97. The van der Waals surface area contributed by atoms with E-state index in [1.807, 2.05) is 65.3 Å². The van der Waals surface area contributed by atoms with Gasteiger partial charge in [-0.3, -0.25) is 9.59 Å². The SMILES string of the molecule is CN(C)C(=O)c1nn(-c2ccccc2)c2c1CN(C(=O)c1ccccc1)CC2. The maximum Gasteiger partial charge on any atom is 0.274 e. The van der Waals surface area contributed by atoms with Crippen LogP contribution in [0.15, 0.2) is 60.7 Å². The van der Waals surface area contributed by atoms with Gasteiger partial charge in [-0.25, -0.2) is 4.68 Å². The quantitative estimate of drug-likeness (QED) is 0.708. The highest BCUT2D eigenvalue weighted by molar-refractivity contribution is 5.96. The lowest BCUT2D eigenvalue weighted by Gasteiger charge is -2.28. The van der Waals surface area contributed by atoms with Gasteiger partial charge in [0, 0.05) is 38.2 Å². The molecule has 4 rings (SSSR count). The Kier molecular flexibility index (Phi) is 4.69. The first-order valence-corrected chi connectivity index (χ1v) is 9.28. The molecule has 0 atom stereocenters. The topological polar surface area (TPSA) is 58.4 Å². The minimum absolute atomic E-state index is 0.0260. The van der Waals surface area contributed by atoms with E-state index < -0.39 is 0 Å². The van der Waals surface area contributed by atoms with Crippen LogP contribution in [0.25, 0.3) is 5.69 Å². The maximum atomic E-state index is 12.9. The predicted molar refractivity (Wildman–Crippen MR) is 106 cm³/mol. The molecule has 0 fully saturated rings. The number of carbonyl (C=O) groups excluding carboxylic acids is 2. The summed E-state index contributed by atoms with van der Waals surface area (Å²) in [5.74, 6) is -0.179. The molecular weight excluding hydrogens is 352 g/mol. The molecule has 1 aliphatic heterocycles. The summed E-state index contributed by atoms with van der Waals surface area (Å²) in [6.07, 6.45) is 0.649. The Morgan fingerprint density at radius 2 is 1.61 bits per heavy atom. The molecule has 142 valence electrons. The van der Waals surface area contributed by atoms with Crippen molar-refractivity contribution in [1.29, 1.82) is 0 Å².